The number of hydrogen-bond acceptors (Lipinski definition) is 3. The monoisotopic (exact) mass is 308 g/mol. The predicted molar refractivity (Wildman–Crippen MR) is 90.9 cm³/mol. The molecule has 0 fully saturated rings. The maximum atomic E-state index is 9.25. The molecule has 108 valence electrons. The van der Waals surface area contributed by atoms with Gasteiger partial charge < -0.3 is 14.3 Å². The molecule has 0 saturated carbocycles. The van der Waals surface area contributed by atoms with Gasteiger partial charge in [0.25, 0.3) is 0 Å². The molecule has 4 heteroatoms. The molecule has 0 saturated heterocycles. The van der Waals surface area contributed by atoms with Crippen LogP contribution in [0.25, 0.3) is 32.3 Å². The number of hydrogen-bond donors (Lipinski definition) is 2. The van der Waals surface area contributed by atoms with Crippen LogP contribution >= 0.6 is 8.60 Å². The van der Waals surface area contributed by atoms with Crippen LogP contribution in [0.4, 0.5) is 0 Å². The molecule has 0 radical (unpaired) electrons. The fourth-order valence-corrected chi connectivity index (χ4v) is 3.41. The van der Waals surface area contributed by atoms with Crippen molar-refractivity contribution in [3.63, 3.8) is 0 Å². The molecule has 0 aliphatic heterocycles. The van der Waals surface area contributed by atoms with Gasteiger partial charge in [-0.25, -0.2) is 0 Å². The lowest BCUT2D eigenvalue weighted by atomic mass is 9.94. The Balaban J connectivity index is 2.27. The zero-order valence-corrected chi connectivity index (χ0v) is 12.5. The van der Waals surface area contributed by atoms with E-state index in [2.05, 4.69) is 18.2 Å². The van der Waals surface area contributed by atoms with Gasteiger partial charge in [0.05, 0.1) is 0 Å². The Labute approximate surface area is 128 Å². The molecule has 4 aromatic rings. The summed E-state index contributed by atoms with van der Waals surface area (Å²) in [4.78, 5) is 18.5. The molecule has 0 unspecified atom stereocenters. The molecule has 3 nitrogen and oxygen atoms in total. The summed E-state index contributed by atoms with van der Waals surface area (Å²) in [7, 11) is -2.45. The molecule has 22 heavy (non-hydrogen) atoms. The minimum atomic E-state index is -2.45. The van der Waals surface area contributed by atoms with Crippen LogP contribution < -0.4 is 4.52 Å². The lowest BCUT2D eigenvalue weighted by Crippen LogP contribution is -1.89. The first-order valence-electron chi connectivity index (χ1n) is 6.94. The quantitative estimate of drug-likeness (QED) is 0.415. The Morgan fingerprint density at radius 1 is 0.591 bits per heavy atom. The third-order valence-electron chi connectivity index (χ3n) is 3.91. The zero-order valence-electron chi connectivity index (χ0n) is 11.6. The van der Waals surface area contributed by atoms with E-state index in [1.165, 1.54) is 5.39 Å². The van der Waals surface area contributed by atoms with Gasteiger partial charge in [-0.1, -0.05) is 60.7 Å². The average molecular weight is 308 g/mol. The van der Waals surface area contributed by atoms with Gasteiger partial charge in [0.15, 0.2) is 0 Å². The van der Waals surface area contributed by atoms with Crippen molar-refractivity contribution in [2.24, 2.45) is 0 Å². The summed E-state index contributed by atoms with van der Waals surface area (Å²) in [5.74, 6) is 0.496. The third kappa shape index (κ3) is 2.03. The van der Waals surface area contributed by atoms with Gasteiger partial charge in [-0.05, 0) is 33.0 Å². The van der Waals surface area contributed by atoms with Gasteiger partial charge in [0.1, 0.15) is 5.75 Å². The lowest BCUT2D eigenvalue weighted by molar-refractivity contribution is 0.377. The Hall–Kier alpha value is -2.19. The van der Waals surface area contributed by atoms with E-state index in [1.54, 1.807) is 6.07 Å². The van der Waals surface area contributed by atoms with E-state index in [0.717, 1.165) is 26.9 Å². The van der Waals surface area contributed by atoms with Crippen LogP contribution in [0.15, 0.2) is 66.7 Å². The van der Waals surface area contributed by atoms with Crippen molar-refractivity contribution in [1.29, 1.82) is 0 Å². The Kier molecular flexibility index (Phi) is 3.20. The van der Waals surface area contributed by atoms with Gasteiger partial charge in [0, 0.05) is 5.39 Å². The second-order valence-corrected chi connectivity index (χ2v) is 5.80. The number of fused-ring (bicyclic) bond motifs is 6. The highest BCUT2D eigenvalue weighted by atomic mass is 31.2. The normalized spacial score (nSPS) is 11.6. The second kappa shape index (κ2) is 5.22. The van der Waals surface area contributed by atoms with Crippen LogP contribution in [0.1, 0.15) is 0 Å². The van der Waals surface area contributed by atoms with E-state index in [1.807, 2.05) is 42.5 Å². The molecule has 0 atom stereocenters. The van der Waals surface area contributed by atoms with Gasteiger partial charge >= 0.3 is 8.60 Å². The standard InChI is InChI=1S/C18H13O3P/c19-22(20)21-17-11-5-10-16-14-7-2-1-6-12(14)13-8-3-4-9-15(13)18(16)17/h1-11,19-20H. The highest BCUT2D eigenvalue weighted by Gasteiger charge is 2.13. The Bertz CT molecular complexity index is 950. The van der Waals surface area contributed by atoms with E-state index in [-0.39, 0.29) is 0 Å². The molecular formula is C18H13O3P. The van der Waals surface area contributed by atoms with Crippen molar-refractivity contribution in [1.82, 2.24) is 0 Å². The van der Waals surface area contributed by atoms with E-state index in [4.69, 9.17) is 4.52 Å². The maximum absolute atomic E-state index is 9.25. The maximum Gasteiger partial charge on any atom is 0.391 e. The SMILES string of the molecule is OP(O)Oc1cccc2c3ccccc3c3ccccc3c12. The molecule has 4 rings (SSSR count). The van der Waals surface area contributed by atoms with E-state index >= 15 is 0 Å². The Morgan fingerprint density at radius 3 is 1.59 bits per heavy atom. The smallest absolute Gasteiger partial charge is 0.391 e. The van der Waals surface area contributed by atoms with Gasteiger partial charge in [0.2, 0.25) is 0 Å². The molecular weight excluding hydrogens is 295 g/mol. The first-order valence-corrected chi connectivity index (χ1v) is 8.10. The zero-order chi connectivity index (χ0) is 15.1. The van der Waals surface area contributed by atoms with Crippen molar-refractivity contribution >= 4 is 40.9 Å². The number of benzene rings is 4. The van der Waals surface area contributed by atoms with Crippen LogP contribution in [0.5, 0.6) is 5.75 Å². The van der Waals surface area contributed by atoms with Crippen molar-refractivity contribution in [3.8, 4) is 5.75 Å². The molecule has 0 aliphatic carbocycles. The average Bonchev–Trinajstić information content (AvgIpc) is 2.54. The van der Waals surface area contributed by atoms with E-state index in [0.29, 0.717) is 5.75 Å². The van der Waals surface area contributed by atoms with Gasteiger partial charge in [-0.2, -0.15) is 0 Å². The minimum absolute atomic E-state index is 0.496. The highest BCUT2D eigenvalue weighted by Crippen LogP contribution is 2.42. The van der Waals surface area contributed by atoms with Gasteiger partial charge in [-0.3, -0.25) is 0 Å². The van der Waals surface area contributed by atoms with Crippen LogP contribution in [-0.4, -0.2) is 9.79 Å². The molecule has 0 bridgehead atoms. The highest BCUT2D eigenvalue weighted by molar-refractivity contribution is 7.39. The fourth-order valence-electron chi connectivity index (χ4n) is 3.09. The lowest BCUT2D eigenvalue weighted by Gasteiger charge is -2.14. The van der Waals surface area contributed by atoms with Crippen molar-refractivity contribution in [2.75, 3.05) is 0 Å². The summed E-state index contributed by atoms with van der Waals surface area (Å²) >= 11 is 0. The van der Waals surface area contributed by atoms with Crippen LogP contribution in [0, 0.1) is 0 Å². The molecule has 4 aromatic carbocycles. The van der Waals surface area contributed by atoms with Crippen LogP contribution in [0.3, 0.4) is 0 Å². The summed E-state index contributed by atoms with van der Waals surface area (Å²) < 4.78 is 5.26. The second-order valence-electron chi connectivity index (χ2n) is 5.11. The molecule has 0 aromatic heterocycles. The largest absolute Gasteiger partial charge is 0.426 e. The fraction of sp³-hybridized carbons (Fsp3) is 0. The summed E-state index contributed by atoms with van der Waals surface area (Å²) in [6, 6.07) is 22.0. The molecule has 0 amide bonds. The first-order chi connectivity index (χ1) is 10.8. The molecule has 0 heterocycles. The third-order valence-corrected chi connectivity index (χ3v) is 4.27. The van der Waals surface area contributed by atoms with Crippen LogP contribution in [-0.2, 0) is 0 Å². The van der Waals surface area contributed by atoms with Crippen molar-refractivity contribution in [3.05, 3.63) is 66.7 Å². The minimum Gasteiger partial charge on any atom is -0.426 e. The summed E-state index contributed by atoms with van der Waals surface area (Å²) in [6.07, 6.45) is 0. The first kappa shape index (κ1) is 13.5. The summed E-state index contributed by atoms with van der Waals surface area (Å²) in [5, 5.41) is 6.43. The molecule has 2 N–H and O–H groups in total. The topological polar surface area (TPSA) is 49.7 Å². The van der Waals surface area contributed by atoms with Crippen molar-refractivity contribution in [2.45, 2.75) is 0 Å². The van der Waals surface area contributed by atoms with Crippen molar-refractivity contribution < 1.29 is 14.3 Å². The van der Waals surface area contributed by atoms with Crippen LogP contribution in [0.2, 0.25) is 0 Å². The van der Waals surface area contributed by atoms with Gasteiger partial charge in [-0.15, -0.1) is 0 Å². The summed E-state index contributed by atoms with van der Waals surface area (Å²) in [5.41, 5.74) is 0. The molecule has 0 spiro atoms. The van der Waals surface area contributed by atoms with E-state index < -0.39 is 8.60 Å². The predicted octanol–water partition coefficient (Wildman–Crippen LogP) is 4.74. The van der Waals surface area contributed by atoms with E-state index in [9.17, 15) is 9.79 Å². The Morgan fingerprint density at radius 2 is 1.05 bits per heavy atom. The number of rotatable bonds is 2. The molecule has 0 aliphatic rings. The summed E-state index contributed by atoms with van der Waals surface area (Å²) in [6.45, 7) is 0.